The predicted molar refractivity (Wildman–Crippen MR) is 75.5 cm³/mol. The molecule has 2 aromatic heterocycles. The fourth-order valence-corrected chi connectivity index (χ4v) is 2.63. The van der Waals surface area contributed by atoms with E-state index in [-0.39, 0.29) is 17.2 Å². The first-order valence-electron chi connectivity index (χ1n) is 6.56. The Balaban J connectivity index is 2.03. The van der Waals surface area contributed by atoms with Gasteiger partial charge < -0.3 is 14.1 Å². The smallest absolute Gasteiger partial charge is 0.294 e. The first kappa shape index (κ1) is 11.7. The first-order chi connectivity index (χ1) is 9.72. The first-order valence-corrected chi connectivity index (χ1v) is 6.56. The van der Waals surface area contributed by atoms with Crippen LogP contribution in [0.4, 0.5) is 0 Å². The van der Waals surface area contributed by atoms with Gasteiger partial charge in [-0.1, -0.05) is 17.6 Å². The summed E-state index contributed by atoms with van der Waals surface area (Å²) in [6.45, 7) is 0.700. The van der Waals surface area contributed by atoms with Gasteiger partial charge >= 0.3 is 0 Å². The largest absolute Gasteiger partial charge is 0.449 e. The second kappa shape index (κ2) is 4.21. The van der Waals surface area contributed by atoms with Crippen LogP contribution in [0.25, 0.3) is 22.1 Å². The number of nitrogens with one attached hydrogen (secondary N) is 1. The molecule has 2 radical (unpaired) electrons. The van der Waals surface area contributed by atoms with Crippen LogP contribution in [0, 0.1) is 0 Å². The average molecular weight is 266 g/mol. The lowest BCUT2D eigenvalue weighted by Gasteiger charge is -2.07. The monoisotopic (exact) mass is 266 g/mol. The van der Waals surface area contributed by atoms with E-state index in [2.05, 4.69) is 9.97 Å². The van der Waals surface area contributed by atoms with Gasteiger partial charge in [0.1, 0.15) is 30.9 Å². The second-order valence-corrected chi connectivity index (χ2v) is 4.99. The molecule has 5 nitrogen and oxygen atoms in total. The summed E-state index contributed by atoms with van der Waals surface area (Å²) < 4.78 is 11.1. The lowest BCUT2D eigenvalue weighted by atomic mass is 9.95. The molecule has 3 heterocycles. The summed E-state index contributed by atoms with van der Waals surface area (Å²) in [5.41, 5.74) is 1.71. The van der Waals surface area contributed by atoms with Crippen LogP contribution < -0.4 is 11.0 Å². The minimum Gasteiger partial charge on any atom is -0.449 e. The van der Waals surface area contributed by atoms with E-state index in [0.29, 0.717) is 29.0 Å². The van der Waals surface area contributed by atoms with E-state index in [1.807, 2.05) is 0 Å². The highest BCUT2D eigenvalue weighted by molar-refractivity contribution is 6.33. The van der Waals surface area contributed by atoms with Gasteiger partial charge in [-0.05, 0) is 18.9 Å². The maximum Gasteiger partial charge on any atom is 0.294 e. The summed E-state index contributed by atoms with van der Waals surface area (Å²) >= 11 is 0. The Hall–Kier alpha value is -2.08. The molecule has 1 atom stereocenters. The van der Waals surface area contributed by atoms with E-state index >= 15 is 0 Å². The Morgan fingerprint density at radius 3 is 3.10 bits per heavy atom. The molecule has 1 fully saturated rings. The molecule has 1 aliphatic rings. The summed E-state index contributed by atoms with van der Waals surface area (Å²) in [6.07, 6.45) is 1.70. The van der Waals surface area contributed by atoms with Gasteiger partial charge in [-0.2, -0.15) is 0 Å². The van der Waals surface area contributed by atoms with Crippen molar-refractivity contribution in [3.8, 4) is 0 Å². The summed E-state index contributed by atoms with van der Waals surface area (Å²) in [6, 6.07) is 5.25. The minimum absolute atomic E-state index is 0.141. The van der Waals surface area contributed by atoms with Gasteiger partial charge in [0.15, 0.2) is 0 Å². The molecule has 3 aromatic rings. The lowest BCUT2D eigenvalue weighted by molar-refractivity contribution is 0.105. The van der Waals surface area contributed by atoms with Crippen molar-refractivity contribution < 1.29 is 9.15 Å². The molecule has 0 amide bonds. The van der Waals surface area contributed by atoms with E-state index in [0.717, 1.165) is 18.2 Å². The zero-order valence-electron chi connectivity index (χ0n) is 10.7. The van der Waals surface area contributed by atoms with Gasteiger partial charge in [-0.3, -0.25) is 4.79 Å². The van der Waals surface area contributed by atoms with E-state index in [9.17, 15) is 4.79 Å². The number of aromatic nitrogens is 2. The second-order valence-electron chi connectivity index (χ2n) is 4.99. The molecule has 4 rings (SSSR count). The number of hydrogen-bond acceptors (Lipinski definition) is 4. The molecular formula is C14H11BN2O3. The molecule has 1 unspecified atom stereocenters. The third-order valence-corrected chi connectivity index (χ3v) is 3.60. The van der Waals surface area contributed by atoms with Gasteiger partial charge in [0.25, 0.3) is 5.56 Å². The van der Waals surface area contributed by atoms with Crippen LogP contribution in [-0.2, 0) is 4.74 Å². The Kier molecular flexibility index (Phi) is 2.47. The highest BCUT2D eigenvalue weighted by atomic mass is 16.5. The van der Waals surface area contributed by atoms with Crippen LogP contribution in [-0.4, -0.2) is 24.4 Å². The molecule has 1 saturated heterocycles. The summed E-state index contributed by atoms with van der Waals surface area (Å²) in [4.78, 5) is 19.4. The number of hydrogen-bond donors (Lipinski definition) is 1. The average Bonchev–Trinajstić information content (AvgIpc) is 3.06. The lowest BCUT2D eigenvalue weighted by Crippen LogP contribution is -2.13. The standard InChI is InChI=1S/C14H11BN2O3/c15-7-3-4-9-8(6-7)11-12(20-9)14(18)17-13(16-11)10-2-1-5-19-10/h3-4,6,10H,1-2,5H2,(H,16,17,18). The van der Waals surface area contributed by atoms with E-state index in [1.54, 1.807) is 18.2 Å². The molecule has 1 aliphatic heterocycles. The number of furan rings is 1. The molecule has 0 spiro atoms. The maximum atomic E-state index is 12.1. The molecule has 0 saturated carbocycles. The number of benzene rings is 1. The Morgan fingerprint density at radius 1 is 1.40 bits per heavy atom. The Morgan fingerprint density at radius 2 is 2.30 bits per heavy atom. The number of aromatic amines is 1. The molecule has 98 valence electrons. The molecule has 20 heavy (non-hydrogen) atoms. The maximum absolute atomic E-state index is 12.1. The van der Waals surface area contributed by atoms with Crippen LogP contribution in [0.15, 0.2) is 27.4 Å². The van der Waals surface area contributed by atoms with Crippen molar-refractivity contribution in [1.29, 1.82) is 0 Å². The molecule has 1 aromatic carbocycles. The van der Waals surface area contributed by atoms with Crippen molar-refractivity contribution in [2.45, 2.75) is 18.9 Å². The number of nitrogens with zero attached hydrogens (tertiary/aromatic N) is 1. The zero-order valence-corrected chi connectivity index (χ0v) is 10.7. The third-order valence-electron chi connectivity index (χ3n) is 3.60. The molecular weight excluding hydrogens is 255 g/mol. The predicted octanol–water partition coefficient (Wildman–Crippen LogP) is 1.31. The van der Waals surface area contributed by atoms with Crippen LogP contribution >= 0.6 is 0 Å². The summed E-state index contributed by atoms with van der Waals surface area (Å²) in [5.74, 6) is 0.560. The Bertz CT molecular complexity index is 862. The van der Waals surface area contributed by atoms with Crippen LogP contribution in [0.1, 0.15) is 24.8 Å². The SMILES string of the molecule is [B]c1ccc2oc3c(=O)[nH]c(C4CCCO4)nc3c2c1. The van der Waals surface area contributed by atoms with Crippen molar-refractivity contribution >= 4 is 35.4 Å². The van der Waals surface area contributed by atoms with Gasteiger partial charge in [-0.15, -0.1) is 0 Å². The molecule has 0 aliphatic carbocycles. The fourth-order valence-electron chi connectivity index (χ4n) is 2.63. The Labute approximate surface area is 115 Å². The normalized spacial score (nSPS) is 19.1. The number of fused-ring (bicyclic) bond motifs is 3. The number of H-pyrrole nitrogens is 1. The van der Waals surface area contributed by atoms with E-state index in [1.165, 1.54) is 0 Å². The van der Waals surface area contributed by atoms with Gasteiger partial charge in [0.2, 0.25) is 5.58 Å². The van der Waals surface area contributed by atoms with Crippen molar-refractivity contribution in [1.82, 2.24) is 9.97 Å². The van der Waals surface area contributed by atoms with Gasteiger partial charge in [0, 0.05) is 12.0 Å². The van der Waals surface area contributed by atoms with Gasteiger partial charge in [0.05, 0.1) is 0 Å². The minimum atomic E-state index is -0.282. The summed E-state index contributed by atoms with van der Waals surface area (Å²) in [7, 11) is 5.79. The van der Waals surface area contributed by atoms with Crippen LogP contribution in [0.2, 0.25) is 0 Å². The topological polar surface area (TPSA) is 68.1 Å². The molecule has 0 bridgehead atoms. The van der Waals surface area contributed by atoms with Crippen LogP contribution in [0.3, 0.4) is 0 Å². The quantitative estimate of drug-likeness (QED) is 0.674. The highest BCUT2D eigenvalue weighted by Crippen LogP contribution is 2.28. The molecule has 6 heteroatoms. The zero-order chi connectivity index (χ0) is 13.7. The van der Waals surface area contributed by atoms with Crippen molar-refractivity contribution in [3.05, 3.63) is 34.4 Å². The molecule has 1 N–H and O–H groups in total. The number of rotatable bonds is 1. The fraction of sp³-hybridized carbons (Fsp3) is 0.286. The van der Waals surface area contributed by atoms with Crippen molar-refractivity contribution in [2.75, 3.05) is 6.61 Å². The highest BCUT2D eigenvalue weighted by Gasteiger charge is 2.22. The van der Waals surface area contributed by atoms with Gasteiger partial charge in [-0.25, -0.2) is 4.98 Å². The van der Waals surface area contributed by atoms with Crippen LogP contribution in [0.5, 0.6) is 0 Å². The number of ether oxygens (including phenoxy) is 1. The van der Waals surface area contributed by atoms with Crippen molar-refractivity contribution in [2.24, 2.45) is 0 Å². The summed E-state index contributed by atoms with van der Waals surface area (Å²) in [5, 5.41) is 0.755. The van der Waals surface area contributed by atoms with E-state index in [4.69, 9.17) is 17.0 Å². The van der Waals surface area contributed by atoms with E-state index < -0.39 is 0 Å². The van der Waals surface area contributed by atoms with Crippen molar-refractivity contribution in [3.63, 3.8) is 0 Å². The third kappa shape index (κ3) is 1.68.